The van der Waals surface area contributed by atoms with Gasteiger partial charge in [-0.1, -0.05) is 13.3 Å². The molecule has 0 heterocycles. The van der Waals surface area contributed by atoms with Crippen LogP contribution in [-0.2, 0) is 6.42 Å². The lowest BCUT2D eigenvalue weighted by molar-refractivity contribution is 0.405. The Morgan fingerprint density at radius 2 is 2.00 bits per heavy atom. The molecule has 0 spiro atoms. The molecule has 1 rings (SSSR count). The SMILES string of the molecule is CCCC(C)(N)Cc1c(F)ccc(Br)c1F. The van der Waals surface area contributed by atoms with Gasteiger partial charge in [0, 0.05) is 11.1 Å². The van der Waals surface area contributed by atoms with E-state index in [0.29, 0.717) is 0 Å². The predicted molar refractivity (Wildman–Crippen MR) is 65.3 cm³/mol. The first kappa shape index (κ1) is 13.6. The summed E-state index contributed by atoms with van der Waals surface area (Å²) < 4.78 is 27.4. The molecular weight excluding hydrogens is 276 g/mol. The molecular formula is C12H16BrF2N. The van der Waals surface area contributed by atoms with Gasteiger partial charge in [-0.3, -0.25) is 0 Å². The van der Waals surface area contributed by atoms with Crippen LogP contribution >= 0.6 is 15.9 Å². The highest BCUT2D eigenvalue weighted by molar-refractivity contribution is 9.10. The van der Waals surface area contributed by atoms with Crippen molar-refractivity contribution in [2.24, 2.45) is 5.73 Å². The molecule has 0 saturated carbocycles. The average molecular weight is 292 g/mol. The van der Waals surface area contributed by atoms with Gasteiger partial charge < -0.3 is 5.73 Å². The van der Waals surface area contributed by atoms with E-state index in [1.54, 1.807) is 0 Å². The van der Waals surface area contributed by atoms with Crippen molar-refractivity contribution in [3.63, 3.8) is 0 Å². The van der Waals surface area contributed by atoms with E-state index in [1.807, 2.05) is 13.8 Å². The van der Waals surface area contributed by atoms with Gasteiger partial charge in [0.15, 0.2) is 0 Å². The maximum Gasteiger partial charge on any atom is 0.143 e. The monoisotopic (exact) mass is 291 g/mol. The fraction of sp³-hybridized carbons (Fsp3) is 0.500. The molecule has 0 fully saturated rings. The number of halogens is 3. The number of rotatable bonds is 4. The third-order valence-corrected chi connectivity index (χ3v) is 3.15. The van der Waals surface area contributed by atoms with Crippen molar-refractivity contribution in [1.29, 1.82) is 0 Å². The summed E-state index contributed by atoms with van der Waals surface area (Å²) in [4.78, 5) is 0. The Hall–Kier alpha value is -0.480. The molecule has 0 aromatic heterocycles. The number of hydrogen-bond donors (Lipinski definition) is 1. The summed E-state index contributed by atoms with van der Waals surface area (Å²) in [7, 11) is 0. The van der Waals surface area contributed by atoms with Crippen molar-refractivity contribution in [1.82, 2.24) is 0 Å². The summed E-state index contributed by atoms with van der Waals surface area (Å²) in [6, 6.07) is 2.62. The van der Waals surface area contributed by atoms with Crippen LogP contribution in [0.1, 0.15) is 32.3 Å². The topological polar surface area (TPSA) is 26.0 Å². The van der Waals surface area contributed by atoms with Crippen LogP contribution in [0.3, 0.4) is 0 Å². The van der Waals surface area contributed by atoms with Crippen molar-refractivity contribution in [3.8, 4) is 0 Å². The van der Waals surface area contributed by atoms with Gasteiger partial charge in [-0.25, -0.2) is 8.78 Å². The van der Waals surface area contributed by atoms with Crippen molar-refractivity contribution in [2.75, 3.05) is 0 Å². The lowest BCUT2D eigenvalue weighted by Gasteiger charge is -2.24. The lowest BCUT2D eigenvalue weighted by atomic mass is 9.89. The average Bonchev–Trinajstić information content (AvgIpc) is 2.19. The van der Waals surface area contributed by atoms with Crippen LogP contribution in [0, 0.1) is 11.6 Å². The highest BCUT2D eigenvalue weighted by Crippen LogP contribution is 2.25. The first-order chi connectivity index (χ1) is 7.37. The van der Waals surface area contributed by atoms with Gasteiger partial charge in [0.05, 0.1) is 4.47 Å². The molecule has 4 heteroatoms. The maximum atomic E-state index is 13.7. The van der Waals surface area contributed by atoms with E-state index in [2.05, 4.69) is 15.9 Å². The third-order valence-electron chi connectivity index (χ3n) is 2.54. The Kier molecular flexibility index (Phi) is 4.44. The van der Waals surface area contributed by atoms with Crippen LogP contribution < -0.4 is 5.73 Å². The molecule has 0 aliphatic carbocycles. The molecule has 0 aliphatic rings. The Morgan fingerprint density at radius 1 is 1.38 bits per heavy atom. The van der Waals surface area contributed by atoms with E-state index in [1.165, 1.54) is 12.1 Å². The van der Waals surface area contributed by atoms with Crippen molar-refractivity contribution >= 4 is 15.9 Å². The summed E-state index contributed by atoms with van der Waals surface area (Å²) >= 11 is 3.04. The second kappa shape index (κ2) is 5.23. The first-order valence-electron chi connectivity index (χ1n) is 5.28. The lowest BCUT2D eigenvalue weighted by Crippen LogP contribution is -2.38. The van der Waals surface area contributed by atoms with Crippen LogP contribution in [0.4, 0.5) is 8.78 Å². The Labute approximate surface area is 103 Å². The minimum absolute atomic E-state index is 0.0628. The minimum atomic E-state index is -0.572. The summed E-state index contributed by atoms with van der Waals surface area (Å²) in [5.74, 6) is -1.08. The van der Waals surface area contributed by atoms with E-state index in [9.17, 15) is 8.78 Å². The van der Waals surface area contributed by atoms with E-state index in [-0.39, 0.29) is 16.5 Å². The summed E-state index contributed by atoms with van der Waals surface area (Å²) in [5.41, 5.74) is 5.49. The van der Waals surface area contributed by atoms with Gasteiger partial charge in [-0.2, -0.15) is 0 Å². The van der Waals surface area contributed by atoms with Crippen LogP contribution in [0.5, 0.6) is 0 Å². The molecule has 0 saturated heterocycles. The van der Waals surface area contributed by atoms with Gasteiger partial charge in [0.1, 0.15) is 11.6 Å². The van der Waals surface area contributed by atoms with Crippen LogP contribution in [-0.4, -0.2) is 5.54 Å². The van der Waals surface area contributed by atoms with Crippen molar-refractivity contribution in [2.45, 2.75) is 38.6 Å². The second-order valence-electron chi connectivity index (χ2n) is 4.40. The van der Waals surface area contributed by atoms with Crippen molar-refractivity contribution in [3.05, 3.63) is 33.8 Å². The zero-order valence-corrected chi connectivity index (χ0v) is 11.1. The summed E-state index contributed by atoms with van der Waals surface area (Å²) in [6.45, 7) is 3.81. The highest BCUT2D eigenvalue weighted by Gasteiger charge is 2.23. The largest absolute Gasteiger partial charge is 0.325 e. The maximum absolute atomic E-state index is 13.7. The number of hydrogen-bond acceptors (Lipinski definition) is 1. The van der Waals surface area contributed by atoms with Gasteiger partial charge >= 0.3 is 0 Å². The second-order valence-corrected chi connectivity index (χ2v) is 5.26. The van der Waals surface area contributed by atoms with Crippen LogP contribution in [0.25, 0.3) is 0 Å². The van der Waals surface area contributed by atoms with E-state index in [0.717, 1.165) is 12.8 Å². The van der Waals surface area contributed by atoms with E-state index in [4.69, 9.17) is 5.73 Å². The highest BCUT2D eigenvalue weighted by atomic mass is 79.9. The molecule has 1 aromatic carbocycles. The van der Waals surface area contributed by atoms with Crippen LogP contribution in [0.15, 0.2) is 16.6 Å². The van der Waals surface area contributed by atoms with Gasteiger partial charge in [0.25, 0.3) is 0 Å². The molecule has 1 atom stereocenters. The normalized spacial score (nSPS) is 14.9. The molecule has 0 bridgehead atoms. The van der Waals surface area contributed by atoms with E-state index >= 15 is 0 Å². The number of benzene rings is 1. The molecule has 16 heavy (non-hydrogen) atoms. The molecule has 1 nitrogen and oxygen atoms in total. The molecule has 0 aliphatic heterocycles. The van der Waals surface area contributed by atoms with Gasteiger partial charge in [0.2, 0.25) is 0 Å². The van der Waals surface area contributed by atoms with Gasteiger partial charge in [-0.15, -0.1) is 0 Å². The van der Waals surface area contributed by atoms with Crippen LogP contribution in [0.2, 0.25) is 0 Å². The zero-order valence-electron chi connectivity index (χ0n) is 9.49. The number of nitrogens with two attached hydrogens (primary N) is 1. The molecule has 2 N–H and O–H groups in total. The first-order valence-corrected chi connectivity index (χ1v) is 6.08. The Morgan fingerprint density at radius 3 is 2.56 bits per heavy atom. The molecule has 0 amide bonds. The van der Waals surface area contributed by atoms with Crippen molar-refractivity contribution < 1.29 is 8.78 Å². The quantitative estimate of drug-likeness (QED) is 0.840. The Bertz CT molecular complexity index is 378. The fourth-order valence-corrected chi connectivity index (χ4v) is 2.17. The molecule has 1 aromatic rings. The Balaban J connectivity index is 3.01. The zero-order chi connectivity index (χ0) is 12.3. The summed E-state index contributed by atoms with van der Waals surface area (Å²) in [6.07, 6.45) is 1.83. The third kappa shape index (κ3) is 3.25. The molecule has 0 radical (unpaired) electrons. The van der Waals surface area contributed by atoms with Gasteiger partial charge in [-0.05, 0) is 47.8 Å². The fourth-order valence-electron chi connectivity index (χ4n) is 1.79. The minimum Gasteiger partial charge on any atom is -0.325 e. The smallest absolute Gasteiger partial charge is 0.143 e. The standard InChI is InChI=1S/C12H16BrF2N/c1-3-6-12(2,16)7-8-10(14)5-4-9(13)11(8)15/h4-5H,3,6-7,16H2,1-2H3. The van der Waals surface area contributed by atoms with E-state index < -0.39 is 17.2 Å². The molecule has 1 unspecified atom stereocenters. The predicted octanol–water partition coefficient (Wildman–Crippen LogP) is 3.79. The summed E-state index contributed by atoms with van der Waals surface area (Å²) in [5, 5.41) is 0. The molecule has 90 valence electrons.